The van der Waals surface area contributed by atoms with Crippen molar-refractivity contribution >= 4 is 17.7 Å². The zero-order valence-corrected chi connectivity index (χ0v) is 25.8. The number of amides is 3. The van der Waals surface area contributed by atoms with Gasteiger partial charge in [0.25, 0.3) is 0 Å². The molecule has 3 unspecified atom stereocenters. The van der Waals surface area contributed by atoms with Crippen molar-refractivity contribution in [3.63, 3.8) is 0 Å². The lowest BCUT2D eigenvalue weighted by atomic mass is 9.75. The van der Waals surface area contributed by atoms with Crippen molar-refractivity contribution < 1.29 is 14.4 Å². The molecule has 0 aromatic heterocycles. The predicted molar refractivity (Wildman–Crippen MR) is 163 cm³/mol. The highest BCUT2D eigenvalue weighted by molar-refractivity contribution is 6.09. The molecule has 1 aromatic carbocycles. The van der Waals surface area contributed by atoms with Crippen molar-refractivity contribution in [2.45, 2.75) is 138 Å². The molecule has 1 aromatic rings. The van der Waals surface area contributed by atoms with Crippen LogP contribution in [0.5, 0.6) is 0 Å². The van der Waals surface area contributed by atoms with E-state index in [1.807, 2.05) is 0 Å². The number of unbranched alkanes of at least 4 members (excludes halogenated alkanes) is 3. The summed E-state index contributed by atoms with van der Waals surface area (Å²) in [5, 5.41) is 0. The fourth-order valence-electron chi connectivity index (χ4n) is 6.12. The quantitative estimate of drug-likeness (QED) is 0.151. The van der Waals surface area contributed by atoms with Gasteiger partial charge in [-0.2, -0.15) is 0 Å². The number of carbonyl (C=O) groups excluding carboxylic acids is 3. The molecule has 6 N–H and O–H groups in total. The lowest BCUT2D eigenvalue weighted by molar-refractivity contribution is 0.0997. The maximum absolute atomic E-state index is 13.2. The van der Waals surface area contributed by atoms with E-state index < -0.39 is 17.7 Å². The maximum Gasteiger partial charge on any atom is 0.249 e. The number of benzene rings is 1. The minimum Gasteiger partial charge on any atom is -0.366 e. The van der Waals surface area contributed by atoms with E-state index in [2.05, 4.69) is 41.5 Å². The molecule has 3 amide bonds. The molecular weight excluding hydrogens is 486 g/mol. The van der Waals surface area contributed by atoms with Crippen LogP contribution in [0.3, 0.4) is 0 Å². The average Bonchev–Trinajstić information content (AvgIpc) is 2.89. The van der Waals surface area contributed by atoms with Gasteiger partial charge in [-0.15, -0.1) is 0 Å². The number of primary amides is 3. The lowest BCUT2D eigenvalue weighted by Gasteiger charge is -2.28. The summed E-state index contributed by atoms with van der Waals surface area (Å²) < 4.78 is 0. The smallest absolute Gasteiger partial charge is 0.249 e. The second-order valence-corrected chi connectivity index (χ2v) is 11.5. The Morgan fingerprint density at radius 1 is 0.487 bits per heavy atom. The molecule has 39 heavy (non-hydrogen) atoms. The van der Waals surface area contributed by atoms with Gasteiger partial charge in [0.05, 0.1) is 0 Å². The van der Waals surface area contributed by atoms with Crippen LogP contribution in [0, 0.1) is 17.8 Å². The first kappa shape index (κ1) is 34.7. The van der Waals surface area contributed by atoms with Gasteiger partial charge in [0, 0.05) is 16.7 Å². The van der Waals surface area contributed by atoms with Gasteiger partial charge in [0.2, 0.25) is 17.7 Å². The highest BCUT2D eigenvalue weighted by atomic mass is 16.2. The summed E-state index contributed by atoms with van der Waals surface area (Å²) in [6.07, 6.45) is 13.8. The maximum atomic E-state index is 13.2. The Kier molecular flexibility index (Phi) is 16.1. The zero-order chi connectivity index (χ0) is 29.5. The molecule has 0 saturated heterocycles. The third kappa shape index (κ3) is 9.95. The SMILES string of the molecule is CCCCC(CC)Cc1c(C(N)=O)c(CC(CC)CCCC)c(C(N)=O)c(CC(CC)CCCC)c1C(N)=O. The van der Waals surface area contributed by atoms with Crippen LogP contribution in [-0.2, 0) is 19.3 Å². The summed E-state index contributed by atoms with van der Waals surface area (Å²) in [5.41, 5.74) is 21.1. The first-order chi connectivity index (χ1) is 18.6. The Hall–Kier alpha value is -2.37. The Labute approximate surface area is 238 Å². The topological polar surface area (TPSA) is 129 Å². The van der Waals surface area contributed by atoms with Crippen LogP contribution >= 0.6 is 0 Å². The number of hydrogen-bond acceptors (Lipinski definition) is 3. The van der Waals surface area contributed by atoms with E-state index in [1.54, 1.807) is 0 Å². The molecule has 6 heteroatoms. The van der Waals surface area contributed by atoms with Crippen molar-refractivity contribution in [2.24, 2.45) is 35.0 Å². The fraction of sp³-hybridized carbons (Fsp3) is 0.727. The summed E-state index contributed by atoms with van der Waals surface area (Å²) >= 11 is 0. The molecule has 6 nitrogen and oxygen atoms in total. The van der Waals surface area contributed by atoms with Crippen LogP contribution in [0.1, 0.15) is 166 Å². The van der Waals surface area contributed by atoms with E-state index in [-0.39, 0.29) is 17.8 Å². The average molecular weight is 544 g/mol. The van der Waals surface area contributed by atoms with Gasteiger partial charge < -0.3 is 17.2 Å². The van der Waals surface area contributed by atoms with Crippen LogP contribution in [0.4, 0.5) is 0 Å². The van der Waals surface area contributed by atoms with Crippen molar-refractivity contribution in [1.82, 2.24) is 0 Å². The van der Waals surface area contributed by atoms with E-state index in [0.717, 1.165) is 77.0 Å². The van der Waals surface area contributed by atoms with Gasteiger partial charge in [0.15, 0.2) is 0 Å². The molecule has 3 atom stereocenters. The second-order valence-electron chi connectivity index (χ2n) is 11.5. The molecule has 0 radical (unpaired) electrons. The van der Waals surface area contributed by atoms with Gasteiger partial charge >= 0.3 is 0 Å². The largest absolute Gasteiger partial charge is 0.366 e. The van der Waals surface area contributed by atoms with E-state index in [4.69, 9.17) is 17.2 Å². The Morgan fingerprint density at radius 3 is 0.872 bits per heavy atom. The summed E-state index contributed by atoms with van der Waals surface area (Å²) in [5.74, 6) is -0.970. The van der Waals surface area contributed by atoms with Gasteiger partial charge in [-0.25, -0.2) is 0 Å². The Balaban J connectivity index is 4.13. The highest BCUT2D eigenvalue weighted by Crippen LogP contribution is 2.36. The molecule has 0 bridgehead atoms. The van der Waals surface area contributed by atoms with E-state index in [0.29, 0.717) is 52.6 Å². The molecule has 0 spiro atoms. The number of hydrogen-bond donors (Lipinski definition) is 3. The first-order valence-electron chi connectivity index (χ1n) is 15.7. The summed E-state index contributed by atoms with van der Waals surface area (Å²) in [7, 11) is 0. The van der Waals surface area contributed by atoms with Gasteiger partial charge in [-0.05, 0) is 53.7 Å². The molecule has 0 fully saturated rings. The van der Waals surface area contributed by atoms with Crippen LogP contribution in [0.25, 0.3) is 0 Å². The molecule has 0 aliphatic heterocycles. The third-order valence-corrected chi connectivity index (χ3v) is 8.66. The standard InChI is InChI=1S/C33H57N3O3/c1-7-13-16-22(10-4)19-25-28(31(34)37)26(20-23(11-5)17-14-8-2)30(33(36)39)27(29(25)32(35)38)21-24(12-6)18-15-9-3/h22-24H,7-21H2,1-6H3,(H2,34,37)(H2,35,38)(H2,36,39). The van der Waals surface area contributed by atoms with E-state index >= 15 is 0 Å². The third-order valence-electron chi connectivity index (χ3n) is 8.66. The predicted octanol–water partition coefficient (Wildman–Crippen LogP) is 7.26. The molecular formula is C33H57N3O3. The van der Waals surface area contributed by atoms with Gasteiger partial charge in [-0.1, -0.05) is 119 Å². The van der Waals surface area contributed by atoms with Crippen LogP contribution in [0.2, 0.25) is 0 Å². The fourth-order valence-corrected chi connectivity index (χ4v) is 6.12. The first-order valence-corrected chi connectivity index (χ1v) is 15.7. The van der Waals surface area contributed by atoms with Crippen LogP contribution in [0.15, 0.2) is 0 Å². The Morgan fingerprint density at radius 2 is 0.718 bits per heavy atom. The molecule has 0 heterocycles. The van der Waals surface area contributed by atoms with Gasteiger partial charge in [-0.3, -0.25) is 14.4 Å². The van der Waals surface area contributed by atoms with Gasteiger partial charge in [0.1, 0.15) is 0 Å². The normalized spacial score (nSPS) is 13.7. The zero-order valence-electron chi connectivity index (χ0n) is 25.8. The molecule has 0 aliphatic rings. The van der Waals surface area contributed by atoms with Crippen molar-refractivity contribution in [3.05, 3.63) is 33.4 Å². The lowest BCUT2D eigenvalue weighted by Crippen LogP contribution is -2.31. The van der Waals surface area contributed by atoms with E-state index in [9.17, 15) is 14.4 Å². The minimum absolute atomic E-state index is 0.283. The molecule has 0 aliphatic carbocycles. The summed E-state index contributed by atoms with van der Waals surface area (Å²) in [6, 6.07) is 0. The second kappa shape index (κ2) is 18.1. The highest BCUT2D eigenvalue weighted by Gasteiger charge is 2.33. The van der Waals surface area contributed by atoms with Crippen LogP contribution in [-0.4, -0.2) is 17.7 Å². The molecule has 1 rings (SSSR count). The molecule has 0 saturated carbocycles. The van der Waals surface area contributed by atoms with E-state index in [1.165, 1.54) is 0 Å². The minimum atomic E-state index is -0.606. The van der Waals surface area contributed by atoms with Crippen LogP contribution < -0.4 is 17.2 Å². The summed E-state index contributed by atoms with van der Waals surface area (Å²) in [6.45, 7) is 12.9. The number of rotatable bonds is 21. The van der Waals surface area contributed by atoms with Crippen molar-refractivity contribution in [1.29, 1.82) is 0 Å². The number of nitrogens with two attached hydrogens (primary N) is 3. The monoisotopic (exact) mass is 543 g/mol. The van der Waals surface area contributed by atoms with Crippen molar-refractivity contribution in [3.8, 4) is 0 Å². The van der Waals surface area contributed by atoms with Crippen molar-refractivity contribution in [2.75, 3.05) is 0 Å². The number of carbonyl (C=O) groups is 3. The molecule has 222 valence electrons. The Bertz CT molecular complexity index is 801. The summed E-state index contributed by atoms with van der Waals surface area (Å²) in [4.78, 5) is 39.6.